The smallest absolute Gasteiger partial charge is 0.243 e. The van der Waals surface area contributed by atoms with Crippen LogP contribution in [0, 0.1) is 5.41 Å². The second-order valence-electron chi connectivity index (χ2n) is 7.37. The lowest BCUT2D eigenvalue weighted by Crippen LogP contribution is -2.50. The number of primary amides is 1. The molecule has 3 rings (SSSR count). The van der Waals surface area contributed by atoms with Crippen LogP contribution < -0.4 is 15.2 Å². The Morgan fingerprint density at radius 2 is 1.86 bits per heavy atom. The predicted octanol–water partition coefficient (Wildman–Crippen LogP) is 2.42. The zero-order valence-electron chi connectivity index (χ0n) is 16.4. The van der Waals surface area contributed by atoms with E-state index in [-0.39, 0.29) is 24.5 Å². The van der Waals surface area contributed by atoms with E-state index in [2.05, 4.69) is 0 Å². The van der Waals surface area contributed by atoms with Gasteiger partial charge in [-0.3, -0.25) is 4.79 Å². The van der Waals surface area contributed by atoms with Crippen molar-refractivity contribution >= 4 is 15.9 Å². The van der Waals surface area contributed by atoms with E-state index in [1.54, 1.807) is 18.2 Å². The number of nitrogens with two attached hydrogens (primary N) is 1. The average molecular weight is 419 g/mol. The van der Waals surface area contributed by atoms with Crippen molar-refractivity contribution in [1.82, 2.24) is 4.31 Å². The van der Waals surface area contributed by atoms with Gasteiger partial charge in [0.05, 0.1) is 18.6 Å². The molecule has 0 unspecified atom stereocenters. The lowest BCUT2D eigenvalue weighted by Gasteiger charge is -2.41. The minimum atomic E-state index is -3.74. The first-order valence-corrected chi connectivity index (χ1v) is 10.9. The first-order chi connectivity index (χ1) is 13.8. The maximum absolute atomic E-state index is 13.2. The monoisotopic (exact) mass is 418 g/mol. The van der Waals surface area contributed by atoms with Crippen molar-refractivity contribution in [3.05, 3.63) is 54.6 Å². The molecule has 1 saturated heterocycles. The number of rotatable bonds is 8. The molecule has 156 valence electrons. The summed E-state index contributed by atoms with van der Waals surface area (Å²) in [4.78, 5) is 11.9. The maximum atomic E-state index is 13.2. The van der Waals surface area contributed by atoms with Crippen LogP contribution in [0.2, 0.25) is 0 Å². The number of para-hydroxylation sites is 1. The highest BCUT2D eigenvalue weighted by Crippen LogP contribution is 2.37. The molecule has 0 radical (unpaired) electrons. The fourth-order valence-electron chi connectivity index (χ4n) is 3.71. The van der Waals surface area contributed by atoms with Crippen molar-refractivity contribution < 1.29 is 22.7 Å². The number of amides is 1. The Labute approximate surface area is 171 Å². The minimum Gasteiger partial charge on any atom is -0.497 e. The molecule has 0 aromatic heterocycles. The molecule has 2 N–H and O–H groups in total. The number of nitrogens with zero attached hydrogens (tertiary/aromatic N) is 1. The van der Waals surface area contributed by atoms with Gasteiger partial charge in [0, 0.05) is 31.0 Å². The Morgan fingerprint density at radius 1 is 1.14 bits per heavy atom. The van der Waals surface area contributed by atoms with Crippen LogP contribution in [0.3, 0.4) is 0 Å². The quantitative estimate of drug-likeness (QED) is 0.710. The van der Waals surface area contributed by atoms with Gasteiger partial charge < -0.3 is 15.2 Å². The third-order valence-corrected chi connectivity index (χ3v) is 6.98. The molecule has 1 aliphatic heterocycles. The maximum Gasteiger partial charge on any atom is 0.243 e. The van der Waals surface area contributed by atoms with Gasteiger partial charge in [0.15, 0.2) is 0 Å². The van der Waals surface area contributed by atoms with Gasteiger partial charge in [0.2, 0.25) is 15.9 Å². The number of benzene rings is 2. The number of piperidine rings is 1. The number of carbonyl (C=O) groups is 1. The second kappa shape index (κ2) is 8.84. The Morgan fingerprint density at radius 3 is 2.55 bits per heavy atom. The molecule has 0 saturated carbocycles. The normalized spacial score (nSPS) is 20.2. The topological polar surface area (TPSA) is 98.9 Å². The molecule has 0 aliphatic carbocycles. The number of hydrogen-bond donors (Lipinski definition) is 1. The first kappa shape index (κ1) is 21.1. The standard InChI is InChI=1S/C21H26N2O5S/c1-27-18-9-5-10-19(13-18)29(25,26)23-12-6-11-21(15-23,14-20(22)24)16-28-17-7-3-2-4-8-17/h2-5,7-10,13H,6,11-12,14-16H2,1H3,(H2,22,24)/t21-/m1/s1. The van der Waals surface area contributed by atoms with Crippen LogP contribution in [0.25, 0.3) is 0 Å². The third kappa shape index (κ3) is 5.07. The molecule has 1 fully saturated rings. The van der Waals surface area contributed by atoms with E-state index in [1.165, 1.54) is 17.5 Å². The van der Waals surface area contributed by atoms with E-state index in [9.17, 15) is 13.2 Å². The summed E-state index contributed by atoms with van der Waals surface area (Å²) in [5.74, 6) is 0.672. The fourth-order valence-corrected chi connectivity index (χ4v) is 5.34. The molecular weight excluding hydrogens is 392 g/mol. The van der Waals surface area contributed by atoms with Crippen molar-refractivity contribution in [1.29, 1.82) is 0 Å². The largest absolute Gasteiger partial charge is 0.497 e. The fraction of sp³-hybridized carbons (Fsp3) is 0.381. The van der Waals surface area contributed by atoms with Gasteiger partial charge in [-0.2, -0.15) is 4.31 Å². The van der Waals surface area contributed by atoms with E-state index in [1.807, 2.05) is 30.3 Å². The number of carbonyl (C=O) groups excluding carboxylic acids is 1. The van der Waals surface area contributed by atoms with Crippen molar-refractivity contribution in [3.8, 4) is 11.5 Å². The molecule has 2 aromatic carbocycles. The summed E-state index contributed by atoms with van der Waals surface area (Å²) in [7, 11) is -2.25. The van der Waals surface area contributed by atoms with Gasteiger partial charge in [-0.25, -0.2) is 8.42 Å². The molecule has 1 heterocycles. The van der Waals surface area contributed by atoms with Crippen molar-refractivity contribution in [2.75, 3.05) is 26.8 Å². The van der Waals surface area contributed by atoms with Crippen LogP contribution in [0.15, 0.2) is 59.5 Å². The highest BCUT2D eigenvalue weighted by atomic mass is 32.2. The number of sulfonamides is 1. The average Bonchev–Trinajstić information content (AvgIpc) is 2.73. The molecule has 0 spiro atoms. The van der Waals surface area contributed by atoms with E-state index >= 15 is 0 Å². The predicted molar refractivity (Wildman–Crippen MR) is 109 cm³/mol. The molecular formula is C21H26N2O5S. The molecule has 7 nitrogen and oxygen atoms in total. The SMILES string of the molecule is COc1cccc(S(=O)(=O)N2CCC[C@@](COc3ccccc3)(CC(N)=O)C2)c1. The third-order valence-electron chi connectivity index (χ3n) is 5.14. The number of methoxy groups -OCH3 is 1. The summed E-state index contributed by atoms with van der Waals surface area (Å²) in [5, 5.41) is 0. The van der Waals surface area contributed by atoms with Crippen LogP contribution in [-0.2, 0) is 14.8 Å². The van der Waals surface area contributed by atoms with Gasteiger partial charge in [0.1, 0.15) is 11.5 Å². The summed E-state index contributed by atoms with van der Waals surface area (Å²) >= 11 is 0. The van der Waals surface area contributed by atoms with E-state index < -0.39 is 21.3 Å². The lowest BCUT2D eigenvalue weighted by molar-refractivity contribution is -0.121. The zero-order valence-corrected chi connectivity index (χ0v) is 17.2. The molecule has 2 aromatic rings. The van der Waals surface area contributed by atoms with Crippen molar-refractivity contribution in [3.63, 3.8) is 0 Å². The number of ether oxygens (including phenoxy) is 2. The van der Waals surface area contributed by atoms with Crippen LogP contribution in [0.1, 0.15) is 19.3 Å². The summed E-state index contributed by atoms with van der Waals surface area (Å²) < 4.78 is 38.9. The van der Waals surface area contributed by atoms with Gasteiger partial charge in [-0.15, -0.1) is 0 Å². The minimum absolute atomic E-state index is 0.0595. The first-order valence-electron chi connectivity index (χ1n) is 9.45. The van der Waals surface area contributed by atoms with Crippen molar-refractivity contribution in [2.45, 2.75) is 24.2 Å². The highest BCUT2D eigenvalue weighted by molar-refractivity contribution is 7.89. The van der Waals surface area contributed by atoms with Gasteiger partial charge in [-0.1, -0.05) is 24.3 Å². The van der Waals surface area contributed by atoms with Crippen LogP contribution in [0.5, 0.6) is 11.5 Å². The summed E-state index contributed by atoms with van der Waals surface area (Å²) in [5.41, 5.74) is 4.83. The Kier molecular flexibility index (Phi) is 6.44. The molecule has 1 amide bonds. The molecule has 8 heteroatoms. The lowest BCUT2D eigenvalue weighted by atomic mass is 9.78. The van der Waals surface area contributed by atoms with Gasteiger partial charge >= 0.3 is 0 Å². The molecule has 0 bridgehead atoms. The summed E-state index contributed by atoms with van der Waals surface area (Å²) in [6.45, 7) is 0.762. The number of hydrogen-bond acceptors (Lipinski definition) is 5. The highest BCUT2D eigenvalue weighted by Gasteiger charge is 2.42. The Hall–Kier alpha value is -2.58. The second-order valence-corrected chi connectivity index (χ2v) is 9.30. The van der Waals surface area contributed by atoms with Crippen LogP contribution in [-0.4, -0.2) is 45.4 Å². The Balaban J connectivity index is 1.84. The van der Waals surface area contributed by atoms with Crippen LogP contribution in [0.4, 0.5) is 0 Å². The Bertz CT molecular complexity index is 949. The van der Waals surface area contributed by atoms with Crippen LogP contribution >= 0.6 is 0 Å². The summed E-state index contributed by atoms with van der Waals surface area (Å²) in [6, 6.07) is 15.6. The zero-order chi connectivity index (χ0) is 20.9. The van der Waals surface area contributed by atoms with E-state index in [0.29, 0.717) is 30.9 Å². The van der Waals surface area contributed by atoms with E-state index in [0.717, 1.165) is 0 Å². The molecule has 1 aliphatic rings. The van der Waals surface area contributed by atoms with Crippen molar-refractivity contribution in [2.24, 2.45) is 11.1 Å². The van der Waals surface area contributed by atoms with Gasteiger partial charge in [-0.05, 0) is 37.1 Å². The molecule has 29 heavy (non-hydrogen) atoms. The van der Waals surface area contributed by atoms with E-state index in [4.69, 9.17) is 15.2 Å². The molecule has 1 atom stereocenters. The van der Waals surface area contributed by atoms with Gasteiger partial charge in [0.25, 0.3) is 0 Å². The summed E-state index contributed by atoms with van der Waals surface area (Å²) in [6.07, 6.45) is 1.34.